The number of phenolic OH excluding ortho intramolecular Hbond substituents is 1. The van der Waals surface area contributed by atoms with Gasteiger partial charge in [-0.3, -0.25) is 9.88 Å². The number of ether oxygens (including phenoxy) is 1. The first kappa shape index (κ1) is 30.3. The summed E-state index contributed by atoms with van der Waals surface area (Å²) >= 11 is 0. The third-order valence-electron chi connectivity index (χ3n) is 11.2. The number of nitrogens with zero attached hydrogens (tertiary/aromatic N) is 4. The number of phenols is 1. The normalized spacial score (nSPS) is 25.5. The zero-order valence-corrected chi connectivity index (χ0v) is 26.5. The lowest BCUT2D eigenvalue weighted by Gasteiger charge is -2.32. The minimum atomic E-state index is -1.61. The summed E-state index contributed by atoms with van der Waals surface area (Å²) in [4.78, 5) is 16.4. The van der Waals surface area contributed by atoms with Gasteiger partial charge in [0.2, 0.25) is 0 Å². The van der Waals surface area contributed by atoms with Crippen LogP contribution in [0, 0.1) is 17.7 Å². The van der Waals surface area contributed by atoms with E-state index in [9.17, 15) is 13.9 Å². The lowest BCUT2D eigenvalue weighted by atomic mass is 9.82. The van der Waals surface area contributed by atoms with Crippen LogP contribution < -0.4 is 10.1 Å². The number of halogens is 3. The van der Waals surface area contributed by atoms with Gasteiger partial charge < -0.3 is 15.2 Å². The Morgan fingerprint density at radius 2 is 1.98 bits per heavy atom. The molecule has 4 aliphatic rings. The molecule has 244 valence electrons. The van der Waals surface area contributed by atoms with Crippen LogP contribution in [0.4, 0.5) is 13.2 Å². The van der Waals surface area contributed by atoms with E-state index >= 15 is 4.39 Å². The van der Waals surface area contributed by atoms with Crippen molar-refractivity contribution in [2.75, 3.05) is 32.8 Å². The zero-order chi connectivity index (χ0) is 32.4. The number of hydrogen-bond donors (Lipinski definition) is 2. The van der Waals surface area contributed by atoms with Crippen LogP contribution in [-0.4, -0.2) is 63.3 Å². The van der Waals surface area contributed by atoms with Gasteiger partial charge in [0.05, 0.1) is 11.2 Å². The molecule has 5 heterocycles. The number of benzene rings is 2. The van der Waals surface area contributed by atoms with Crippen molar-refractivity contribution >= 4 is 27.2 Å². The summed E-state index contributed by atoms with van der Waals surface area (Å²) in [6.07, 6.45) is 4.75. The van der Waals surface area contributed by atoms with Gasteiger partial charge in [0, 0.05) is 35.2 Å². The van der Waals surface area contributed by atoms with E-state index in [0.717, 1.165) is 72.9 Å². The molecule has 0 spiro atoms. The number of fused-ring (bicyclic) bond motifs is 5. The molecule has 8 rings (SSSR count). The Morgan fingerprint density at radius 1 is 1.17 bits per heavy atom. The Kier molecular flexibility index (Phi) is 7.48. The molecule has 1 saturated carbocycles. The molecule has 3 saturated heterocycles. The Morgan fingerprint density at radius 3 is 2.74 bits per heavy atom. The molecule has 3 aliphatic heterocycles. The molecule has 1 aliphatic carbocycles. The van der Waals surface area contributed by atoms with Gasteiger partial charge in [0.1, 0.15) is 23.6 Å². The quantitative estimate of drug-likeness (QED) is 0.215. The van der Waals surface area contributed by atoms with Crippen molar-refractivity contribution in [3.63, 3.8) is 0 Å². The minimum Gasteiger partial charge on any atom is -0.508 e. The highest BCUT2D eigenvalue weighted by Crippen LogP contribution is 2.48. The zero-order valence-electron chi connectivity index (χ0n) is 26.5. The van der Waals surface area contributed by atoms with Crippen molar-refractivity contribution in [1.29, 1.82) is 0 Å². The lowest BCUT2D eigenvalue weighted by molar-refractivity contribution is 0.107. The summed E-state index contributed by atoms with van der Waals surface area (Å²) in [6.45, 7) is 9.10. The summed E-state index contributed by atoms with van der Waals surface area (Å²) in [7, 11) is 0. The van der Waals surface area contributed by atoms with Gasteiger partial charge in [0.25, 0.3) is 6.08 Å². The molecule has 2 bridgehead atoms. The maximum atomic E-state index is 17.0. The van der Waals surface area contributed by atoms with E-state index in [1.54, 1.807) is 18.3 Å². The Bertz CT molecular complexity index is 1940. The average Bonchev–Trinajstić information content (AvgIpc) is 3.70. The second-order valence-electron chi connectivity index (χ2n) is 13.8. The number of pyridine rings is 1. The Hall–Kier alpha value is -4.02. The van der Waals surface area contributed by atoms with Crippen LogP contribution >= 0.6 is 0 Å². The monoisotopic (exact) mass is 641 g/mol. The predicted molar refractivity (Wildman–Crippen MR) is 176 cm³/mol. The maximum Gasteiger partial charge on any atom is 0.317 e. The highest BCUT2D eigenvalue weighted by atomic mass is 19.3. The average molecular weight is 642 g/mol. The first-order valence-electron chi connectivity index (χ1n) is 16.7. The van der Waals surface area contributed by atoms with E-state index in [1.165, 1.54) is 0 Å². The predicted octanol–water partition coefficient (Wildman–Crippen LogP) is 7.59. The summed E-state index contributed by atoms with van der Waals surface area (Å²) in [6, 6.07) is 9.00. The minimum absolute atomic E-state index is 0.00168. The lowest BCUT2D eigenvalue weighted by Crippen LogP contribution is -2.43. The molecule has 0 radical (unpaired) electrons. The van der Waals surface area contributed by atoms with E-state index in [-0.39, 0.29) is 54.0 Å². The number of aromatic nitrogens is 3. The maximum absolute atomic E-state index is 17.0. The highest BCUT2D eigenvalue weighted by molar-refractivity contribution is 6.05. The van der Waals surface area contributed by atoms with Crippen molar-refractivity contribution in [1.82, 2.24) is 25.2 Å². The molecule has 2 N–H and O–H groups in total. The first-order chi connectivity index (χ1) is 22.8. The molecule has 3 atom stereocenters. The summed E-state index contributed by atoms with van der Waals surface area (Å²) < 4.78 is 50.6. The van der Waals surface area contributed by atoms with Crippen LogP contribution in [0.15, 0.2) is 54.8 Å². The molecule has 2 aromatic carbocycles. The molecule has 4 aromatic rings. The number of allylic oxidation sites excluding steroid dienone is 1. The van der Waals surface area contributed by atoms with Crippen LogP contribution in [0.3, 0.4) is 0 Å². The summed E-state index contributed by atoms with van der Waals surface area (Å²) in [5, 5.41) is 16.3. The third kappa shape index (κ3) is 4.99. The summed E-state index contributed by atoms with van der Waals surface area (Å²) in [5.41, 5.74) is 2.74. The second kappa shape index (κ2) is 11.6. The topological polar surface area (TPSA) is 83.4 Å². The van der Waals surface area contributed by atoms with Gasteiger partial charge in [-0.15, -0.1) is 0 Å². The number of nitrogens with one attached hydrogen (secondary N) is 1. The van der Waals surface area contributed by atoms with Crippen molar-refractivity contribution in [3.8, 4) is 23.0 Å². The van der Waals surface area contributed by atoms with Crippen LogP contribution in [0.25, 0.3) is 38.5 Å². The van der Waals surface area contributed by atoms with Crippen LogP contribution in [0.1, 0.15) is 62.6 Å². The standard InChI is InChI=1S/C37H38F3N5O2/c1-3-20(2)26-7-4-6-21-12-25(46)13-27(30(21)26)33-31(38)34-28(17-42-33)32(29-22-8-9-23(29)16-41-15-22)43-36(44-34)47-19-37-10-5-11-45(37)18-24(14-37)35(39)40/h4,6-7,12-13,17,22-23,29,41,46H,2-3,5,8-11,14-16,18-19H2,1H3. The van der Waals surface area contributed by atoms with E-state index in [0.29, 0.717) is 29.2 Å². The Balaban J connectivity index is 1.28. The summed E-state index contributed by atoms with van der Waals surface area (Å²) in [5.74, 6) is 0.173. The van der Waals surface area contributed by atoms with Gasteiger partial charge in [-0.25, -0.2) is 4.39 Å². The first-order valence-corrected chi connectivity index (χ1v) is 16.7. The molecule has 0 amide bonds. The van der Waals surface area contributed by atoms with Gasteiger partial charge in [-0.1, -0.05) is 31.7 Å². The molecular weight excluding hydrogens is 603 g/mol. The Labute approximate surface area is 271 Å². The number of hydrogen-bond acceptors (Lipinski definition) is 7. The second-order valence-corrected chi connectivity index (χ2v) is 13.8. The largest absolute Gasteiger partial charge is 0.508 e. The van der Waals surface area contributed by atoms with Crippen molar-refractivity contribution in [2.45, 2.75) is 56.9 Å². The highest BCUT2D eigenvalue weighted by Gasteiger charge is 2.48. The molecule has 10 heteroatoms. The van der Waals surface area contributed by atoms with Crippen LogP contribution in [-0.2, 0) is 0 Å². The van der Waals surface area contributed by atoms with E-state index in [4.69, 9.17) is 14.7 Å². The van der Waals surface area contributed by atoms with Crippen molar-refractivity contribution in [3.05, 3.63) is 71.8 Å². The smallest absolute Gasteiger partial charge is 0.317 e. The van der Waals surface area contributed by atoms with Gasteiger partial charge in [-0.05, 0) is 104 Å². The van der Waals surface area contributed by atoms with Crippen molar-refractivity contribution < 1.29 is 23.0 Å². The number of aromatic hydroxyl groups is 1. The fourth-order valence-corrected chi connectivity index (χ4v) is 8.84. The molecule has 47 heavy (non-hydrogen) atoms. The van der Waals surface area contributed by atoms with Crippen LogP contribution in [0.2, 0.25) is 0 Å². The molecular formula is C37H38F3N5O2. The molecule has 4 fully saturated rings. The molecule has 7 nitrogen and oxygen atoms in total. The van der Waals surface area contributed by atoms with Crippen molar-refractivity contribution in [2.24, 2.45) is 11.8 Å². The third-order valence-corrected chi connectivity index (χ3v) is 11.2. The molecule has 3 unspecified atom stereocenters. The number of piperidine rings is 1. The van der Waals surface area contributed by atoms with Gasteiger partial charge in [0.15, 0.2) is 5.82 Å². The van der Waals surface area contributed by atoms with E-state index in [2.05, 4.69) is 21.8 Å². The SMILES string of the molecule is C=C(CC)c1cccc2cc(O)cc(-c3ncc4c(C5C6CCC5CNC6)nc(OCC56CCCN5CC(=C(F)F)C6)nc4c3F)c12. The van der Waals surface area contributed by atoms with E-state index < -0.39 is 17.4 Å². The number of rotatable bonds is 7. The fourth-order valence-electron chi connectivity index (χ4n) is 8.84. The van der Waals surface area contributed by atoms with Gasteiger partial charge in [-0.2, -0.15) is 18.7 Å². The fraction of sp³-hybridized carbons (Fsp3) is 0.432. The van der Waals surface area contributed by atoms with E-state index in [1.807, 2.05) is 25.1 Å². The van der Waals surface area contributed by atoms with Gasteiger partial charge >= 0.3 is 6.01 Å². The molecule has 2 aromatic heterocycles. The van der Waals surface area contributed by atoms with Crippen LogP contribution in [0.5, 0.6) is 11.8 Å².